The Hall–Kier alpha value is -2.68. The number of aliphatic carboxylic acids is 1. The van der Waals surface area contributed by atoms with Crippen molar-refractivity contribution in [2.75, 3.05) is 13.1 Å². The molecule has 2 fully saturated rings. The van der Waals surface area contributed by atoms with Gasteiger partial charge in [0.1, 0.15) is 6.26 Å². The van der Waals surface area contributed by atoms with E-state index in [0.717, 1.165) is 24.9 Å². The third-order valence-corrected chi connectivity index (χ3v) is 5.34. The summed E-state index contributed by atoms with van der Waals surface area (Å²) in [6.45, 7) is 0.936. The number of amides is 1. The summed E-state index contributed by atoms with van der Waals surface area (Å²) in [5, 5.41) is 16.0. The summed E-state index contributed by atoms with van der Waals surface area (Å²) in [6.07, 6.45) is 7.71. The van der Waals surface area contributed by atoms with Crippen LogP contribution in [0.15, 0.2) is 27.5 Å². The average Bonchev–Trinajstić information content (AvgIpc) is 3.10. The quantitative estimate of drug-likeness (QED) is 0.631. The number of nitrogens with one attached hydrogen (secondary N) is 1. The zero-order valence-corrected chi connectivity index (χ0v) is 15.5. The third kappa shape index (κ3) is 4.78. The summed E-state index contributed by atoms with van der Waals surface area (Å²) in [4.78, 5) is 29.6. The van der Waals surface area contributed by atoms with E-state index in [9.17, 15) is 9.59 Å². The minimum absolute atomic E-state index is 0.0570. The van der Waals surface area contributed by atoms with Gasteiger partial charge in [0.25, 0.3) is 0 Å². The minimum atomic E-state index is -0.789. The molecule has 2 heterocycles. The Balaban J connectivity index is 1.18. The van der Waals surface area contributed by atoms with Crippen molar-refractivity contribution >= 4 is 11.9 Å². The van der Waals surface area contributed by atoms with E-state index in [1.165, 1.54) is 25.4 Å². The minimum Gasteiger partial charge on any atom is -0.480 e. The van der Waals surface area contributed by atoms with Crippen LogP contribution in [-0.4, -0.2) is 57.2 Å². The first kappa shape index (κ1) is 18.7. The fraction of sp³-hybridized carbons (Fsp3) is 0.579. The number of rotatable bonds is 10. The molecule has 0 aromatic carbocycles. The number of furan rings is 1. The van der Waals surface area contributed by atoms with Gasteiger partial charge in [-0.15, -0.1) is 0 Å². The van der Waals surface area contributed by atoms with Crippen LogP contribution in [0.1, 0.15) is 38.0 Å². The van der Waals surface area contributed by atoms with Gasteiger partial charge in [-0.05, 0) is 37.7 Å². The van der Waals surface area contributed by atoms with Gasteiger partial charge in [0.05, 0.1) is 18.4 Å². The van der Waals surface area contributed by atoms with Crippen LogP contribution in [0.5, 0.6) is 0 Å². The van der Waals surface area contributed by atoms with Gasteiger partial charge in [-0.25, -0.2) is 0 Å². The molecule has 0 atom stereocenters. The van der Waals surface area contributed by atoms with Gasteiger partial charge in [-0.2, -0.15) is 4.98 Å². The van der Waals surface area contributed by atoms with Crippen LogP contribution in [0.25, 0.3) is 11.4 Å². The van der Waals surface area contributed by atoms with Crippen molar-refractivity contribution in [2.24, 2.45) is 5.92 Å². The lowest BCUT2D eigenvalue weighted by Gasteiger charge is -2.42. The molecule has 9 heteroatoms. The summed E-state index contributed by atoms with van der Waals surface area (Å²) in [6, 6.07) is 2.10. The highest BCUT2D eigenvalue weighted by Crippen LogP contribution is 2.33. The summed E-state index contributed by atoms with van der Waals surface area (Å²) < 4.78 is 10.2. The lowest BCUT2D eigenvalue weighted by Crippen LogP contribution is -2.55. The molecule has 2 N–H and O–H groups in total. The van der Waals surface area contributed by atoms with Gasteiger partial charge >= 0.3 is 5.97 Å². The largest absolute Gasteiger partial charge is 0.480 e. The fourth-order valence-electron chi connectivity index (χ4n) is 3.54. The number of carboxylic acids is 1. The average molecular weight is 388 g/mol. The highest BCUT2D eigenvalue weighted by Gasteiger charge is 2.37. The second kappa shape index (κ2) is 8.14. The van der Waals surface area contributed by atoms with Crippen molar-refractivity contribution in [3.63, 3.8) is 0 Å². The summed E-state index contributed by atoms with van der Waals surface area (Å²) in [7, 11) is 0. The first-order valence-electron chi connectivity index (χ1n) is 9.67. The van der Waals surface area contributed by atoms with Gasteiger partial charge in [0.15, 0.2) is 0 Å². The van der Waals surface area contributed by atoms with Gasteiger partial charge in [0.2, 0.25) is 17.6 Å². The number of carboxylic acid groups (broad SMARTS) is 1. The van der Waals surface area contributed by atoms with Crippen LogP contribution >= 0.6 is 0 Å². The lowest BCUT2D eigenvalue weighted by molar-refractivity contribution is -0.140. The van der Waals surface area contributed by atoms with Gasteiger partial charge in [-0.1, -0.05) is 5.16 Å². The predicted molar refractivity (Wildman–Crippen MR) is 97.2 cm³/mol. The summed E-state index contributed by atoms with van der Waals surface area (Å²) >= 11 is 0. The Morgan fingerprint density at radius 3 is 2.82 bits per heavy atom. The van der Waals surface area contributed by atoms with E-state index in [-0.39, 0.29) is 31.0 Å². The number of nitrogens with zero attached hydrogens (tertiary/aromatic N) is 3. The molecule has 9 nitrogen and oxygen atoms in total. The van der Waals surface area contributed by atoms with E-state index >= 15 is 0 Å². The number of aryl methyl sites for hydroxylation is 1. The van der Waals surface area contributed by atoms with E-state index < -0.39 is 5.97 Å². The molecule has 4 rings (SSSR count). The van der Waals surface area contributed by atoms with E-state index in [4.69, 9.17) is 14.0 Å². The number of aromatic nitrogens is 2. The van der Waals surface area contributed by atoms with Crippen LogP contribution in [0.4, 0.5) is 0 Å². The van der Waals surface area contributed by atoms with Gasteiger partial charge in [-0.3, -0.25) is 14.5 Å². The molecular weight excluding hydrogens is 364 g/mol. The number of carbonyl (C=O) groups is 2. The molecule has 0 aliphatic heterocycles. The highest BCUT2D eigenvalue weighted by molar-refractivity contribution is 5.76. The summed E-state index contributed by atoms with van der Waals surface area (Å²) in [5.74, 6) is 0.658. The van der Waals surface area contributed by atoms with Crippen LogP contribution in [0, 0.1) is 5.92 Å². The molecule has 2 aromatic rings. The zero-order valence-electron chi connectivity index (χ0n) is 15.5. The van der Waals surface area contributed by atoms with Crippen molar-refractivity contribution in [2.45, 2.75) is 50.6 Å². The fourth-order valence-corrected chi connectivity index (χ4v) is 3.54. The second-order valence-corrected chi connectivity index (χ2v) is 7.68. The van der Waals surface area contributed by atoms with Crippen molar-refractivity contribution < 1.29 is 23.6 Å². The number of hydrogen-bond donors (Lipinski definition) is 2. The molecule has 0 unspecified atom stereocenters. The molecule has 150 valence electrons. The van der Waals surface area contributed by atoms with E-state index in [1.807, 2.05) is 0 Å². The predicted octanol–water partition coefficient (Wildman–Crippen LogP) is 1.71. The van der Waals surface area contributed by atoms with Crippen molar-refractivity contribution in [3.05, 3.63) is 24.5 Å². The maximum atomic E-state index is 12.2. The van der Waals surface area contributed by atoms with E-state index in [0.29, 0.717) is 24.1 Å². The Morgan fingerprint density at radius 2 is 2.14 bits per heavy atom. The molecule has 0 radical (unpaired) electrons. The molecule has 28 heavy (non-hydrogen) atoms. The molecular formula is C19H24N4O5. The topological polar surface area (TPSA) is 122 Å². The molecule has 2 aliphatic carbocycles. The standard InChI is InChI=1S/C19H24N4O5/c24-16(3-4-17-21-19(22-28-17)13-5-6-27-11-13)20-14-7-15(8-14)23(10-18(25)26)9-12-1-2-12/h5-6,11-12,14-15H,1-4,7-10H2,(H,20,24)(H,25,26). The zero-order chi connectivity index (χ0) is 19.5. The molecule has 2 saturated carbocycles. The normalized spacial score (nSPS) is 21.5. The first-order chi connectivity index (χ1) is 13.6. The smallest absolute Gasteiger partial charge is 0.317 e. The monoisotopic (exact) mass is 388 g/mol. The molecule has 0 saturated heterocycles. The summed E-state index contributed by atoms with van der Waals surface area (Å²) in [5.41, 5.74) is 0.733. The Labute approximate surface area is 162 Å². The molecule has 0 bridgehead atoms. The van der Waals surface area contributed by atoms with Crippen LogP contribution in [-0.2, 0) is 16.0 Å². The first-order valence-corrected chi connectivity index (χ1v) is 9.67. The van der Waals surface area contributed by atoms with Gasteiger partial charge < -0.3 is 19.4 Å². The SMILES string of the molecule is O=C(O)CN(CC1CC1)C1CC(NC(=O)CCc2nc(-c3ccoc3)no2)C1. The maximum Gasteiger partial charge on any atom is 0.317 e. The van der Waals surface area contributed by atoms with Gasteiger partial charge in [0, 0.05) is 31.5 Å². The highest BCUT2D eigenvalue weighted by atomic mass is 16.5. The molecule has 1 amide bonds. The van der Waals surface area contributed by atoms with Crippen LogP contribution in [0.2, 0.25) is 0 Å². The molecule has 0 spiro atoms. The van der Waals surface area contributed by atoms with Crippen molar-refractivity contribution in [1.29, 1.82) is 0 Å². The van der Waals surface area contributed by atoms with Crippen molar-refractivity contribution in [1.82, 2.24) is 20.4 Å². The molecule has 2 aliphatic rings. The molecule has 2 aromatic heterocycles. The number of hydrogen-bond acceptors (Lipinski definition) is 7. The third-order valence-electron chi connectivity index (χ3n) is 5.34. The Kier molecular flexibility index (Phi) is 5.43. The van der Waals surface area contributed by atoms with Crippen LogP contribution < -0.4 is 5.32 Å². The Morgan fingerprint density at radius 1 is 1.32 bits per heavy atom. The van der Waals surface area contributed by atoms with Crippen LogP contribution in [0.3, 0.4) is 0 Å². The Bertz CT molecular complexity index is 808. The van der Waals surface area contributed by atoms with E-state index in [2.05, 4.69) is 20.4 Å². The maximum absolute atomic E-state index is 12.2. The number of carbonyl (C=O) groups excluding carboxylic acids is 1. The van der Waals surface area contributed by atoms with Crippen molar-refractivity contribution in [3.8, 4) is 11.4 Å². The second-order valence-electron chi connectivity index (χ2n) is 7.68. The van der Waals surface area contributed by atoms with E-state index in [1.54, 1.807) is 6.07 Å². The lowest BCUT2D eigenvalue weighted by atomic mass is 9.85.